The van der Waals surface area contributed by atoms with Crippen molar-refractivity contribution in [3.8, 4) is 23.1 Å². The van der Waals surface area contributed by atoms with Gasteiger partial charge in [0, 0.05) is 28.5 Å². The van der Waals surface area contributed by atoms with Crippen molar-refractivity contribution in [2.75, 3.05) is 7.11 Å². The maximum atomic E-state index is 13.1. The number of aryl methyl sites for hydroxylation is 2. The maximum Gasteiger partial charge on any atom is 0.189 e. The second-order valence-corrected chi connectivity index (χ2v) is 6.99. The molecule has 0 fully saturated rings. The third kappa shape index (κ3) is 3.83. The van der Waals surface area contributed by atoms with Gasteiger partial charge in [0.15, 0.2) is 5.78 Å². The summed E-state index contributed by atoms with van der Waals surface area (Å²) in [6.07, 6.45) is 5.74. The summed E-state index contributed by atoms with van der Waals surface area (Å²) in [6.45, 7) is 0.524. The van der Waals surface area contributed by atoms with Crippen LogP contribution < -0.4 is 4.74 Å². The molecule has 0 aliphatic heterocycles. The molecule has 144 valence electrons. The fourth-order valence-corrected chi connectivity index (χ4v) is 3.65. The normalized spacial score (nSPS) is 14.5. The van der Waals surface area contributed by atoms with E-state index in [-0.39, 0.29) is 5.78 Å². The van der Waals surface area contributed by atoms with Crippen LogP contribution in [-0.2, 0) is 13.0 Å². The molecule has 0 bridgehead atoms. The van der Waals surface area contributed by atoms with E-state index in [0.717, 1.165) is 45.7 Å². The molecule has 2 aromatic carbocycles. The molecule has 1 heterocycles. The van der Waals surface area contributed by atoms with Crippen molar-refractivity contribution >= 4 is 11.9 Å². The molecular weight excluding hydrogens is 362 g/mol. The van der Waals surface area contributed by atoms with Crippen LogP contribution in [0.25, 0.3) is 17.3 Å². The van der Waals surface area contributed by atoms with E-state index in [1.165, 1.54) is 0 Å². The number of ether oxygens (including phenoxy) is 1. The van der Waals surface area contributed by atoms with E-state index >= 15 is 0 Å². The highest BCUT2D eigenvalue weighted by atomic mass is 16.5. The largest absolute Gasteiger partial charge is 0.497 e. The molecule has 0 unspecified atom stereocenters. The highest BCUT2D eigenvalue weighted by Crippen LogP contribution is 2.31. The molecule has 0 saturated carbocycles. The Labute approximate surface area is 169 Å². The Hall–Kier alpha value is -3.65. The van der Waals surface area contributed by atoms with Crippen LogP contribution in [0.4, 0.5) is 0 Å². The van der Waals surface area contributed by atoms with Crippen LogP contribution in [0.3, 0.4) is 0 Å². The average Bonchev–Trinajstić information content (AvgIpc) is 3.17. The second-order valence-electron chi connectivity index (χ2n) is 6.99. The van der Waals surface area contributed by atoms with E-state index in [1.807, 2.05) is 60.8 Å². The van der Waals surface area contributed by atoms with E-state index in [4.69, 9.17) is 10.00 Å². The number of ketones is 1. The number of rotatable bonds is 5. The lowest BCUT2D eigenvalue weighted by Crippen LogP contribution is -2.14. The number of fused-ring (bicyclic) bond motifs is 1. The molecule has 1 aliphatic carbocycles. The van der Waals surface area contributed by atoms with Gasteiger partial charge in [-0.05, 0) is 42.7 Å². The first-order valence-electron chi connectivity index (χ1n) is 9.61. The summed E-state index contributed by atoms with van der Waals surface area (Å²) in [5, 5.41) is 13.6. The molecule has 3 aromatic rings. The zero-order chi connectivity index (χ0) is 20.2. The molecule has 0 spiro atoms. The molecule has 0 amide bonds. The topological polar surface area (TPSA) is 67.9 Å². The molecule has 0 radical (unpaired) electrons. The van der Waals surface area contributed by atoms with Gasteiger partial charge >= 0.3 is 0 Å². The molecule has 1 aliphatic rings. The van der Waals surface area contributed by atoms with E-state index in [2.05, 4.69) is 11.2 Å². The van der Waals surface area contributed by atoms with Crippen LogP contribution >= 0.6 is 0 Å². The Morgan fingerprint density at radius 2 is 2.03 bits per heavy atom. The molecule has 0 atom stereocenters. The smallest absolute Gasteiger partial charge is 0.189 e. The van der Waals surface area contributed by atoms with Gasteiger partial charge in [-0.2, -0.15) is 10.4 Å². The predicted octanol–water partition coefficient (Wildman–Crippen LogP) is 4.68. The van der Waals surface area contributed by atoms with Crippen molar-refractivity contribution in [1.29, 1.82) is 5.26 Å². The summed E-state index contributed by atoms with van der Waals surface area (Å²) in [5.74, 6) is 0.826. The molecular formula is C24H21N3O2. The number of nitriles is 1. The Morgan fingerprint density at radius 1 is 1.21 bits per heavy atom. The maximum absolute atomic E-state index is 13.1. The quantitative estimate of drug-likeness (QED) is 0.600. The van der Waals surface area contributed by atoms with Gasteiger partial charge in [-0.15, -0.1) is 0 Å². The number of carbonyl (C=O) groups is 1. The van der Waals surface area contributed by atoms with Gasteiger partial charge in [0.1, 0.15) is 5.75 Å². The van der Waals surface area contributed by atoms with E-state index in [9.17, 15) is 4.79 Å². The summed E-state index contributed by atoms with van der Waals surface area (Å²) in [6, 6.07) is 17.7. The number of Topliss-reactive ketones (excluding diaryl/α,β-unsaturated/α-hetero) is 1. The zero-order valence-electron chi connectivity index (χ0n) is 16.3. The third-order valence-electron chi connectivity index (χ3n) is 5.13. The Bertz CT molecular complexity index is 1120. The first-order valence-corrected chi connectivity index (χ1v) is 9.61. The fraction of sp³-hybridized carbons (Fsp3) is 0.208. The van der Waals surface area contributed by atoms with Crippen LogP contribution in [0, 0.1) is 11.3 Å². The van der Waals surface area contributed by atoms with E-state index < -0.39 is 0 Å². The summed E-state index contributed by atoms with van der Waals surface area (Å²) in [7, 11) is 1.63. The van der Waals surface area contributed by atoms with Gasteiger partial charge in [-0.1, -0.05) is 30.3 Å². The van der Waals surface area contributed by atoms with Gasteiger partial charge in [-0.3, -0.25) is 9.48 Å². The predicted molar refractivity (Wildman–Crippen MR) is 112 cm³/mol. The van der Waals surface area contributed by atoms with E-state index in [0.29, 0.717) is 19.4 Å². The van der Waals surface area contributed by atoms with Crippen molar-refractivity contribution in [2.45, 2.75) is 25.8 Å². The summed E-state index contributed by atoms with van der Waals surface area (Å²) >= 11 is 0. The Morgan fingerprint density at radius 3 is 2.79 bits per heavy atom. The average molecular weight is 383 g/mol. The first-order chi connectivity index (χ1) is 14.2. The molecule has 0 saturated heterocycles. The highest BCUT2D eigenvalue weighted by molar-refractivity contribution is 6.13. The fourth-order valence-electron chi connectivity index (χ4n) is 3.65. The standard InChI is InChI=1S/C24H21N3O2/c1-29-21-10-11-22-18(15-21)8-9-19(24(22)28)14-20-16-27(13-5-12-25)26-23(20)17-6-3-2-4-7-17/h2-4,6-7,10-11,14-16H,5,8-9,13H2,1H3/b19-14+. The number of hydrogen-bond acceptors (Lipinski definition) is 4. The number of hydrogen-bond donors (Lipinski definition) is 0. The molecule has 1 aromatic heterocycles. The first kappa shape index (κ1) is 18.7. The number of nitrogens with zero attached hydrogens (tertiary/aromatic N) is 3. The Kier molecular flexibility index (Phi) is 5.26. The summed E-state index contributed by atoms with van der Waals surface area (Å²) in [4.78, 5) is 13.1. The molecule has 0 N–H and O–H groups in total. The lowest BCUT2D eigenvalue weighted by atomic mass is 9.86. The molecule has 29 heavy (non-hydrogen) atoms. The number of aromatic nitrogens is 2. The third-order valence-corrected chi connectivity index (χ3v) is 5.13. The zero-order valence-corrected chi connectivity index (χ0v) is 16.3. The summed E-state index contributed by atoms with van der Waals surface area (Å²) < 4.78 is 7.06. The van der Waals surface area contributed by atoms with Crippen molar-refractivity contribution in [1.82, 2.24) is 9.78 Å². The Balaban J connectivity index is 1.72. The lowest BCUT2D eigenvalue weighted by molar-refractivity contribution is 0.102. The molecule has 5 heteroatoms. The monoisotopic (exact) mass is 383 g/mol. The minimum atomic E-state index is 0.0534. The van der Waals surface area contributed by atoms with Crippen LogP contribution in [-0.4, -0.2) is 22.7 Å². The van der Waals surface area contributed by atoms with Gasteiger partial charge in [-0.25, -0.2) is 0 Å². The van der Waals surface area contributed by atoms with Crippen molar-refractivity contribution < 1.29 is 9.53 Å². The number of methoxy groups -OCH3 is 1. The molecule has 4 rings (SSSR count). The van der Waals surface area contributed by atoms with Gasteiger partial charge in [0.25, 0.3) is 0 Å². The highest BCUT2D eigenvalue weighted by Gasteiger charge is 2.23. The number of benzene rings is 2. The number of carbonyl (C=O) groups excluding carboxylic acids is 1. The summed E-state index contributed by atoms with van der Waals surface area (Å²) in [5.41, 5.74) is 5.25. The van der Waals surface area contributed by atoms with E-state index in [1.54, 1.807) is 11.8 Å². The van der Waals surface area contributed by atoms with Gasteiger partial charge in [0.2, 0.25) is 0 Å². The van der Waals surface area contributed by atoms with Crippen LogP contribution in [0.5, 0.6) is 5.75 Å². The van der Waals surface area contributed by atoms with Crippen LogP contribution in [0.15, 0.2) is 60.3 Å². The van der Waals surface area contributed by atoms with Crippen molar-refractivity contribution in [3.63, 3.8) is 0 Å². The lowest BCUT2D eigenvalue weighted by Gasteiger charge is -2.18. The molecule has 5 nitrogen and oxygen atoms in total. The SMILES string of the molecule is COc1ccc2c(c1)CC/C(=C\c1cn(CCC#N)nc1-c1ccccc1)C2=O. The van der Waals surface area contributed by atoms with Gasteiger partial charge < -0.3 is 4.74 Å². The van der Waals surface area contributed by atoms with Crippen molar-refractivity contribution in [2.24, 2.45) is 0 Å². The van der Waals surface area contributed by atoms with Crippen LogP contribution in [0.1, 0.15) is 34.3 Å². The minimum absolute atomic E-state index is 0.0534. The minimum Gasteiger partial charge on any atom is -0.497 e. The van der Waals surface area contributed by atoms with Gasteiger partial charge in [0.05, 0.1) is 31.8 Å². The van der Waals surface area contributed by atoms with Crippen molar-refractivity contribution in [3.05, 3.63) is 77.0 Å². The number of allylic oxidation sites excluding steroid dienone is 1. The second kappa shape index (κ2) is 8.15. The van der Waals surface area contributed by atoms with Crippen LogP contribution in [0.2, 0.25) is 0 Å².